The summed E-state index contributed by atoms with van der Waals surface area (Å²) in [7, 11) is 0. The molecule has 0 N–H and O–H groups in total. The van der Waals surface area contributed by atoms with Crippen molar-refractivity contribution < 1.29 is 14.3 Å². The SMILES string of the molecule is C[C@@]12C=C[C@@H](O1)[C@@H]1C(=O)N(c3ccccc3Cl)C(=O)[C@H]12. The molecule has 3 aliphatic heterocycles. The van der Waals surface area contributed by atoms with Crippen molar-refractivity contribution in [2.75, 3.05) is 4.90 Å². The van der Waals surface area contributed by atoms with Gasteiger partial charge in [0.05, 0.1) is 34.3 Å². The molecular weight excluding hydrogens is 278 g/mol. The summed E-state index contributed by atoms with van der Waals surface area (Å²) >= 11 is 6.12. The van der Waals surface area contributed by atoms with E-state index < -0.39 is 17.4 Å². The van der Waals surface area contributed by atoms with E-state index in [-0.39, 0.29) is 17.9 Å². The Morgan fingerprint density at radius 2 is 2.00 bits per heavy atom. The maximum atomic E-state index is 12.7. The van der Waals surface area contributed by atoms with E-state index in [0.29, 0.717) is 10.7 Å². The molecule has 0 saturated carbocycles. The van der Waals surface area contributed by atoms with Crippen LogP contribution in [0.3, 0.4) is 0 Å². The number of hydrogen-bond donors (Lipinski definition) is 0. The Labute approximate surface area is 121 Å². The Morgan fingerprint density at radius 1 is 1.25 bits per heavy atom. The molecule has 0 radical (unpaired) electrons. The van der Waals surface area contributed by atoms with E-state index in [1.54, 1.807) is 24.3 Å². The minimum atomic E-state index is -0.669. The Kier molecular flexibility index (Phi) is 2.25. The summed E-state index contributed by atoms with van der Waals surface area (Å²) in [5, 5.41) is 0.403. The molecule has 20 heavy (non-hydrogen) atoms. The summed E-state index contributed by atoms with van der Waals surface area (Å²) in [5.41, 5.74) is -0.209. The molecule has 102 valence electrons. The number of carbonyl (C=O) groups is 2. The Bertz CT molecular complexity index is 671. The van der Waals surface area contributed by atoms with Gasteiger partial charge >= 0.3 is 0 Å². The second kappa shape index (κ2) is 3.71. The minimum absolute atomic E-state index is 0.217. The van der Waals surface area contributed by atoms with Crippen LogP contribution in [0, 0.1) is 11.8 Å². The number of hydrogen-bond acceptors (Lipinski definition) is 3. The Balaban J connectivity index is 1.82. The molecule has 2 saturated heterocycles. The van der Waals surface area contributed by atoms with Crippen LogP contribution in [0.25, 0.3) is 0 Å². The van der Waals surface area contributed by atoms with Crippen molar-refractivity contribution in [1.29, 1.82) is 0 Å². The summed E-state index contributed by atoms with van der Waals surface area (Å²) in [6.45, 7) is 1.86. The highest BCUT2D eigenvalue weighted by Gasteiger charge is 2.66. The van der Waals surface area contributed by atoms with Crippen LogP contribution in [0.5, 0.6) is 0 Å². The number of rotatable bonds is 1. The number of benzene rings is 1. The Morgan fingerprint density at radius 3 is 2.70 bits per heavy atom. The molecule has 0 aromatic heterocycles. The molecule has 0 aliphatic carbocycles. The third kappa shape index (κ3) is 1.30. The second-order valence-corrected chi connectivity index (χ2v) is 6.00. The fourth-order valence-corrected chi connectivity index (χ4v) is 3.74. The molecular formula is C15H12ClNO3. The largest absolute Gasteiger partial charge is 0.362 e. The van der Waals surface area contributed by atoms with Crippen LogP contribution >= 0.6 is 11.6 Å². The molecule has 4 nitrogen and oxygen atoms in total. The maximum Gasteiger partial charge on any atom is 0.241 e. The van der Waals surface area contributed by atoms with Crippen molar-refractivity contribution in [2.24, 2.45) is 11.8 Å². The lowest BCUT2D eigenvalue weighted by atomic mass is 9.78. The molecule has 1 aromatic carbocycles. The first-order chi connectivity index (χ1) is 9.53. The number of para-hydroxylation sites is 1. The highest BCUT2D eigenvalue weighted by atomic mass is 35.5. The summed E-state index contributed by atoms with van der Waals surface area (Å²) in [4.78, 5) is 26.5. The standard InChI is InChI=1S/C15H12ClNO3/c1-15-7-6-10(20-15)11-12(15)14(19)17(13(11)18)9-5-3-2-4-8(9)16/h2-7,10-12H,1H3/t10-,11+,12+,15+/m1/s1. The summed E-state index contributed by atoms with van der Waals surface area (Å²) in [6.07, 6.45) is 3.47. The molecule has 3 heterocycles. The van der Waals surface area contributed by atoms with E-state index in [1.807, 2.05) is 19.1 Å². The third-order valence-electron chi connectivity index (χ3n) is 4.42. The number of halogens is 1. The van der Waals surface area contributed by atoms with Gasteiger partial charge in [0, 0.05) is 0 Å². The fraction of sp³-hybridized carbons (Fsp3) is 0.333. The predicted molar refractivity (Wildman–Crippen MR) is 73.3 cm³/mol. The van der Waals surface area contributed by atoms with Gasteiger partial charge in [0.1, 0.15) is 0 Å². The van der Waals surface area contributed by atoms with Gasteiger partial charge in [0.25, 0.3) is 0 Å². The van der Waals surface area contributed by atoms with Gasteiger partial charge in [-0.1, -0.05) is 35.9 Å². The molecule has 5 heteroatoms. The number of carbonyl (C=O) groups excluding carboxylic acids is 2. The van der Waals surface area contributed by atoms with Gasteiger partial charge < -0.3 is 4.74 Å². The number of nitrogens with zero attached hydrogens (tertiary/aromatic N) is 1. The molecule has 2 fully saturated rings. The topological polar surface area (TPSA) is 46.6 Å². The highest BCUT2D eigenvalue weighted by Crippen LogP contribution is 2.52. The zero-order valence-electron chi connectivity index (χ0n) is 10.7. The highest BCUT2D eigenvalue weighted by molar-refractivity contribution is 6.36. The van der Waals surface area contributed by atoms with Crippen LogP contribution in [0.2, 0.25) is 5.02 Å². The van der Waals surface area contributed by atoms with Crippen LogP contribution in [0.1, 0.15) is 6.92 Å². The number of imide groups is 1. The lowest BCUT2D eigenvalue weighted by molar-refractivity contribution is -0.126. The maximum absolute atomic E-state index is 12.7. The summed E-state index contributed by atoms with van der Waals surface area (Å²) in [6, 6.07) is 6.91. The summed E-state index contributed by atoms with van der Waals surface area (Å²) < 4.78 is 5.77. The van der Waals surface area contributed by atoms with E-state index in [9.17, 15) is 9.59 Å². The lowest BCUT2D eigenvalue weighted by Crippen LogP contribution is -2.38. The average molecular weight is 290 g/mol. The number of fused-ring (bicyclic) bond motifs is 5. The number of ether oxygens (including phenoxy) is 1. The Hall–Kier alpha value is -1.65. The van der Waals surface area contributed by atoms with Crippen molar-refractivity contribution in [1.82, 2.24) is 0 Å². The van der Waals surface area contributed by atoms with E-state index >= 15 is 0 Å². The minimum Gasteiger partial charge on any atom is -0.362 e. The van der Waals surface area contributed by atoms with Crippen molar-refractivity contribution in [2.45, 2.75) is 18.6 Å². The molecule has 4 atom stereocenters. The number of amides is 2. The van der Waals surface area contributed by atoms with Crippen LogP contribution in [-0.4, -0.2) is 23.5 Å². The quantitative estimate of drug-likeness (QED) is 0.588. The molecule has 0 unspecified atom stereocenters. The van der Waals surface area contributed by atoms with E-state index in [0.717, 1.165) is 0 Å². The monoisotopic (exact) mass is 289 g/mol. The zero-order chi connectivity index (χ0) is 14.1. The zero-order valence-corrected chi connectivity index (χ0v) is 11.5. The molecule has 2 amide bonds. The van der Waals surface area contributed by atoms with E-state index in [2.05, 4.69) is 0 Å². The average Bonchev–Trinajstić information content (AvgIpc) is 3.01. The van der Waals surface area contributed by atoms with Gasteiger partial charge in [-0.25, -0.2) is 4.90 Å². The molecule has 0 spiro atoms. The molecule has 4 rings (SSSR count). The first kappa shape index (κ1) is 12.1. The lowest BCUT2D eigenvalue weighted by Gasteiger charge is -2.24. The molecule has 2 bridgehead atoms. The van der Waals surface area contributed by atoms with Crippen molar-refractivity contribution in [3.8, 4) is 0 Å². The van der Waals surface area contributed by atoms with Gasteiger partial charge in [-0.2, -0.15) is 0 Å². The first-order valence-corrected chi connectivity index (χ1v) is 6.90. The third-order valence-corrected chi connectivity index (χ3v) is 4.74. The van der Waals surface area contributed by atoms with Crippen molar-refractivity contribution in [3.05, 3.63) is 41.4 Å². The smallest absolute Gasteiger partial charge is 0.241 e. The van der Waals surface area contributed by atoms with Crippen molar-refractivity contribution in [3.63, 3.8) is 0 Å². The van der Waals surface area contributed by atoms with Gasteiger partial charge in [-0.15, -0.1) is 0 Å². The molecule has 3 aliphatic rings. The number of anilines is 1. The van der Waals surface area contributed by atoms with Gasteiger partial charge in [-0.05, 0) is 19.1 Å². The second-order valence-electron chi connectivity index (χ2n) is 5.59. The normalized spacial score (nSPS) is 37.9. The summed E-state index contributed by atoms with van der Waals surface area (Å²) in [5.74, 6) is -1.30. The van der Waals surface area contributed by atoms with Crippen LogP contribution in [0.4, 0.5) is 5.69 Å². The van der Waals surface area contributed by atoms with Crippen LogP contribution in [-0.2, 0) is 14.3 Å². The van der Waals surface area contributed by atoms with Gasteiger partial charge in [0.2, 0.25) is 11.8 Å². The van der Waals surface area contributed by atoms with Crippen LogP contribution in [0.15, 0.2) is 36.4 Å². The van der Waals surface area contributed by atoms with Gasteiger partial charge in [-0.3, -0.25) is 9.59 Å². The first-order valence-electron chi connectivity index (χ1n) is 6.52. The van der Waals surface area contributed by atoms with E-state index in [4.69, 9.17) is 16.3 Å². The van der Waals surface area contributed by atoms with Crippen molar-refractivity contribution >= 4 is 29.1 Å². The van der Waals surface area contributed by atoms with E-state index in [1.165, 1.54) is 4.90 Å². The van der Waals surface area contributed by atoms with Crippen LogP contribution < -0.4 is 4.90 Å². The molecule has 1 aromatic rings. The van der Waals surface area contributed by atoms with Gasteiger partial charge in [0.15, 0.2) is 0 Å². The fourth-order valence-electron chi connectivity index (χ4n) is 3.52. The predicted octanol–water partition coefficient (Wildman–Crippen LogP) is 2.17.